The highest BCUT2D eigenvalue weighted by Gasteiger charge is 2.15. The van der Waals surface area contributed by atoms with E-state index >= 15 is 0 Å². The first-order valence-electron chi connectivity index (χ1n) is 8.27. The monoisotopic (exact) mass is 382 g/mol. The standard InChI is InChI=1S/C20H18N2O4S/c1-12-6-5-8-15(13(12)2)21-20(25)22-18(23)11-26-19(24)17-10-14-7-3-4-9-16(14)27-17/h3-10H,11H2,1-2H3,(H2,21,22,23,25). The minimum Gasteiger partial charge on any atom is -0.451 e. The van der Waals surface area contributed by atoms with Crippen molar-refractivity contribution in [2.45, 2.75) is 13.8 Å². The molecule has 0 atom stereocenters. The van der Waals surface area contributed by atoms with Crippen LogP contribution in [-0.2, 0) is 9.53 Å². The van der Waals surface area contributed by atoms with Crippen LogP contribution >= 0.6 is 11.3 Å². The minimum atomic E-state index is -0.702. The number of rotatable bonds is 4. The first-order chi connectivity index (χ1) is 12.9. The van der Waals surface area contributed by atoms with Gasteiger partial charge in [0.1, 0.15) is 4.88 Å². The van der Waals surface area contributed by atoms with E-state index in [2.05, 4.69) is 10.6 Å². The zero-order valence-electron chi connectivity index (χ0n) is 14.9. The highest BCUT2D eigenvalue weighted by molar-refractivity contribution is 7.20. The lowest BCUT2D eigenvalue weighted by molar-refractivity contribution is -0.123. The zero-order valence-corrected chi connectivity index (χ0v) is 15.7. The molecular weight excluding hydrogens is 364 g/mol. The van der Waals surface area contributed by atoms with Gasteiger partial charge in [0, 0.05) is 10.4 Å². The molecule has 0 aliphatic rings. The van der Waals surface area contributed by atoms with Crippen LogP contribution in [0.4, 0.5) is 10.5 Å². The van der Waals surface area contributed by atoms with Crippen LogP contribution in [-0.4, -0.2) is 24.5 Å². The number of hydrogen-bond acceptors (Lipinski definition) is 5. The molecule has 0 unspecified atom stereocenters. The number of aryl methyl sites for hydroxylation is 1. The maximum Gasteiger partial charge on any atom is 0.348 e. The number of amides is 3. The fourth-order valence-electron chi connectivity index (χ4n) is 2.49. The summed E-state index contributed by atoms with van der Waals surface area (Å²) in [5.41, 5.74) is 2.55. The number of ether oxygens (including phenoxy) is 1. The van der Waals surface area contributed by atoms with Gasteiger partial charge in [-0.25, -0.2) is 9.59 Å². The van der Waals surface area contributed by atoms with E-state index in [9.17, 15) is 14.4 Å². The molecule has 0 saturated carbocycles. The van der Waals surface area contributed by atoms with Crippen molar-refractivity contribution in [3.8, 4) is 0 Å². The molecule has 3 amide bonds. The van der Waals surface area contributed by atoms with Gasteiger partial charge < -0.3 is 10.1 Å². The van der Waals surface area contributed by atoms with E-state index in [0.29, 0.717) is 10.6 Å². The molecule has 1 aromatic heterocycles. The molecule has 0 fully saturated rings. The summed E-state index contributed by atoms with van der Waals surface area (Å²) in [4.78, 5) is 36.3. The predicted molar refractivity (Wildman–Crippen MR) is 105 cm³/mol. The third-order valence-electron chi connectivity index (χ3n) is 4.07. The quantitative estimate of drug-likeness (QED) is 0.668. The van der Waals surface area contributed by atoms with Crippen molar-refractivity contribution in [1.29, 1.82) is 0 Å². The number of esters is 1. The Morgan fingerprint density at radius 2 is 1.81 bits per heavy atom. The van der Waals surface area contributed by atoms with Crippen LogP contribution in [0.25, 0.3) is 10.1 Å². The molecule has 0 aliphatic heterocycles. The topological polar surface area (TPSA) is 84.5 Å². The number of carbonyl (C=O) groups is 3. The third kappa shape index (κ3) is 4.51. The summed E-state index contributed by atoms with van der Waals surface area (Å²) in [5.74, 6) is -1.30. The lowest BCUT2D eigenvalue weighted by Gasteiger charge is -2.10. The van der Waals surface area contributed by atoms with E-state index in [1.54, 1.807) is 12.1 Å². The van der Waals surface area contributed by atoms with Gasteiger partial charge in [-0.2, -0.15) is 0 Å². The number of carbonyl (C=O) groups excluding carboxylic acids is 3. The SMILES string of the molecule is Cc1cccc(NC(=O)NC(=O)COC(=O)c2cc3ccccc3s2)c1C. The Bertz CT molecular complexity index is 993. The van der Waals surface area contributed by atoms with Crippen LogP contribution in [0.15, 0.2) is 48.5 Å². The van der Waals surface area contributed by atoms with Gasteiger partial charge in [0.2, 0.25) is 0 Å². The van der Waals surface area contributed by atoms with Crippen molar-refractivity contribution in [3.63, 3.8) is 0 Å². The molecule has 0 radical (unpaired) electrons. The van der Waals surface area contributed by atoms with E-state index in [4.69, 9.17) is 4.74 Å². The van der Waals surface area contributed by atoms with Crippen molar-refractivity contribution < 1.29 is 19.1 Å². The summed E-state index contributed by atoms with van der Waals surface area (Å²) in [6.45, 7) is 3.27. The van der Waals surface area contributed by atoms with Gasteiger partial charge in [0.15, 0.2) is 6.61 Å². The van der Waals surface area contributed by atoms with Gasteiger partial charge in [-0.05, 0) is 48.6 Å². The molecule has 6 nitrogen and oxygen atoms in total. The first kappa shape index (κ1) is 18.6. The van der Waals surface area contributed by atoms with Gasteiger partial charge in [0.05, 0.1) is 0 Å². The number of hydrogen-bond donors (Lipinski definition) is 2. The van der Waals surface area contributed by atoms with Crippen LogP contribution in [0.2, 0.25) is 0 Å². The maximum absolute atomic E-state index is 12.1. The van der Waals surface area contributed by atoms with E-state index in [1.807, 2.05) is 50.2 Å². The smallest absolute Gasteiger partial charge is 0.348 e. The first-order valence-corrected chi connectivity index (χ1v) is 9.08. The fourth-order valence-corrected chi connectivity index (χ4v) is 3.44. The van der Waals surface area contributed by atoms with Crippen LogP contribution < -0.4 is 10.6 Å². The second-order valence-electron chi connectivity index (χ2n) is 5.97. The lowest BCUT2D eigenvalue weighted by Crippen LogP contribution is -2.37. The summed E-state index contributed by atoms with van der Waals surface area (Å²) < 4.78 is 5.95. The largest absolute Gasteiger partial charge is 0.451 e. The number of thiophene rings is 1. The van der Waals surface area contributed by atoms with Crippen LogP contribution in [0.3, 0.4) is 0 Å². The van der Waals surface area contributed by atoms with Crippen molar-refractivity contribution in [1.82, 2.24) is 5.32 Å². The van der Waals surface area contributed by atoms with Gasteiger partial charge in [-0.1, -0.05) is 30.3 Å². The normalized spacial score (nSPS) is 10.4. The Labute approximate surface area is 160 Å². The summed E-state index contributed by atoms with van der Waals surface area (Å²) >= 11 is 1.29. The van der Waals surface area contributed by atoms with E-state index in [-0.39, 0.29) is 0 Å². The third-order valence-corrected chi connectivity index (χ3v) is 5.16. The number of anilines is 1. The van der Waals surface area contributed by atoms with Crippen molar-refractivity contribution >= 4 is 45.0 Å². The second-order valence-corrected chi connectivity index (χ2v) is 7.06. The van der Waals surface area contributed by atoms with Gasteiger partial charge in [-0.15, -0.1) is 11.3 Å². The van der Waals surface area contributed by atoms with Gasteiger partial charge in [-0.3, -0.25) is 10.1 Å². The number of urea groups is 1. The Morgan fingerprint density at radius 1 is 1.04 bits per heavy atom. The van der Waals surface area contributed by atoms with Crippen LogP contribution in [0.1, 0.15) is 20.8 Å². The van der Waals surface area contributed by atoms with Crippen molar-refractivity contribution in [3.05, 3.63) is 64.5 Å². The van der Waals surface area contributed by atoms with Crippen LogP contribution in [0, 0.1) is 13.8 Å². The molecule has 2 aromatic carbocycles. The Kier molecular flexibility index (Phi) is 5.52. The molecular formula is C20H18N2O4S. The molecule has 7 heteroatoms. The molecule has 0 bridgehead atoms. The average Bonchev–Trinajstić information content (AvgIpc) is 3.08. The van der Waals surface area contributed by atoms with Gasteiger partial charge in [0.25, 0.3) is 5.91 Å². The Balaban J connectivity index is 1.52. The highest BCUT2D eigenvalue weighted by atomic mass is 32.1. The van der Waals surface area contributed by atoms with E-state index < -0.39 is 24.5 Å². The number of benzene rings is 2. The highest BCUT2D eigenvalue weighted by Crippen LogP contribution is 2.25. The fraction of sp³-hybridized carbons (Fsp3) is 0.150. The zero-order chi connectivity index (χ0) is 19.4. The summed E-state index contributed by atoms with van der Waals surface area (Å²) in [6.07, 6.45) is 0. The van der Waals surface area contributed by atoms with Crippen molar-refractivity contribution in [2.24, 2.45) is 0 Å². The average molecular weight is 382 g/mol. The summed E-state index contributed by atoms with van der Waals surface area (Å²) in [5, 5.41) is 5.69. The summed E-state index contributed by atoms with van der Waals surface area (Å²) in [6, 6.07) is 14.1. The second kappa shape index (κ2) is 8.01. The van der Waals surface area contributed by atoms with Crippen LogP contribution in [0.5, 0.6) is 0 Å². The molecule has 0 aliphatic carbocycles. The molecule has 138 valence electrons. The molecule has 1 heterocycles. The number of nitrogens with one attached hydrogen (secondary N) is 2. The minimum absolute atomic E-state index is 0.406. The van der Waals surface area contributed by atoms with Gasteiger partial charge >= 0.3 is 12.0 Å². The maximum atomic E-state index is 12.1. The Hall–Kier alpha value is -3.19. The molecule has 3 rings (SSSR count). The lowest BCUT2D eigenvalue weighted by atomic mass is 10.1. The van der Waals surface area contributed by atoms with E-state index in [0.717, 1.165) is 21.2 Å². The molecule has 0 saturated heterocycles. The number of imide groups is 1. The molecule has 27 heavy (non-hydrogen) atoms. The Morgan fingerprint density at radius 3 is 2.59 bits per heavy atom. The molecule has 3 aromatic rings. The molecule has 0 spiro atoms. The summed E-state index contributed by atoms with van der Waals surface area (Å²) in [7, 11) is 0. The molecule has 2 N–H and O–H groups in total. The van der Waals surface area contributed by atoms with Crippen molar-refractivity contribution in [2.75, 3.05) is 11.9 Å². The number of fused-ring (bicyclic) bond motifs is 1. The van der Waals surface area contributed by atoms with E-state index in [1.165, 1.54) is 11.3 Å². The predicted octanol–water partition coefficient (Wildman–Crippen LogP) is 4.02.